The number of aliphatic hydroxyl groups is 1. The minimum Gasteiger partial charge on any atom is -0.462 e. The lowest BCUT2D eigenvalue weighted by Gasteiger charge is -2.21. The number of phosphoric ester groups is 1. The van der Waals surface area contributed by atoms with Crippen LogP contribution in [0.1, 0.15) is 239 Å². The maximum absolute atomic E-state index is 12.9. The van der Waals surface area contributed by atoms with E-state index in [1.165, 1.54) is 38.5 Å². The number of hydrogen-bond acceptors (Lipinski definition) is 10. The standard InChI is InChI=1S/C64H107O11P/c1-4-7-10-13-16-19-22-25-28-29-30-31-34-35-38-41-44-47-50-53-62(66)71-57-61(75-64(68)55-52-49-46-43-40-37-33-27-24-21-18-15-12-9-6-3)59-73-76(69,70)72-58-60(56-65)74-63(67)54-51-48-45-42-39-36-32-26-23-20-17-14-11-8-5-2/h7,10,16-21,25-28,30-33,35,38,60-61,65H,4-6,8-9,11-15,22-24,29,34,36-37,39-59H2,1-3H3,(H,69,70)/b10-7-,19-16-,20-17-,21-18-,28-25-,31-30-,32-26-,33-27-,38-35-. The third-order valence-corrected chi connectivity index (χ3v) is 13.1. The number of allylic oxidation sites excluding steroid dienone is 18. The molecule has 0 aromatic carbocycles. The van der Waals surface area contributed by atoms with Crippen LogP contribution in [-0.2, 0) is 42.2 Å². The van der Waals surface area contributed by atoms with Crippen molar-refractivity contribution >= 4 is 25.7 Å². The van der Waals surface area contributed by atoms with Crippen molar-refractivity contribution in [1.82, 2.24) is 0 Å². The van der Waals surface area contributed by atoms with E-state index in [1.807, 2.05) is 0 Å². The Labute approximate surface area is 463 Å². The Morgan fingerprint density at radius 3 is 1.07 bits per heavy atom. The van der Waals surface area contributed by atoms with Crippen molar-refractivity contribution in [1.29, 1.82) is 0 Å². The maximum atomic E-state index is 12.9. The summed E-state index contributed by atoms with van der Waals surface area (Å²) in [4.78, 5) is 48.6. The number of phosphoric acid groups is 1. The van der Waals surface area contributed by atoms with Crippen molar-refractivity contribution in [3.05, 3.63) is 109 Å². The zero-order valence-corrected chi connectivity index (χ0v) is 48.8. The van der Waals surface area contributed by atoms with Crippen LogP contribution >= 0.6 is 7.82 Å². The topological polar surface area (TPSA) is 155 Å². The molecule has 2 N–H and O–H groups in total. The van der Waals surface area contributed by atoms with E-state index < -0.39 is 57.8 Å². The van der Waals surface area contributed by atoms with Gasteiger partial charge >= 0.3 is 25.7 Å². The van der Waals surface area contributed by atoms with Gasteiger partial charge in [0, 0.05) is 19.3 Å². The van der Waals surface area contributed by atoms with Gasteiger partial charge in [-0.2, -0.15) is 0 Å². The third-order valence-electron chi connectivity index (χ3n) is 12.1. The van der Waals surface area contributed by atoms with Crippen LogP contribution in [0.2, 0.25) is 0 Å². The molecule has 0 saturated carbocycles. The summed E-state index contributed by atoms with van der Waals surface area (Å²) in [6, 6.07) is 0. The average molecular weight is 1080 g/mol. The molecule has 0 bridgehead atoms. The molecule has 0 aromatic heterocycles. The quantitative estimate of drug-likeness (QED) is 0.0197. The molecular weight excluding hydrogens is 976 g/mol. The first-order valence-electron chi connectivity index (χ1n) is 29.8. The van der Waals surface area contributed by atoms with Gasteiger partial charge in [-0.25, -0.2) is 4.57 Å². The van der Waals surface area contributed by atoms with Crippen LogP contribution < -0.4 is 0 Å². The first kappa shape index (κ1) is 72.1. The van der Waals surface area contributed by atoms with Gasteiger partial charge in [0.25, 0.3) is 0 Å². The van der Waals surface area contributed by atoms with Gasteiger partial charge in [-0.1, -0.05) is 201 Å². The van der Waals surface area contributed by atoms with Crippen molar-refractivity contribution in [2.45, 2.75) is 251 Å². The highest BCUT2D eigenvalue weighted by molar-refractivity contribution is 7.47. The average Bonchev–Trinajstić information content (AvgIpc) is 3.41. The van der Waals surface area contributed by atoms with E-state index in [-0.39, 0.29) is 25.9 Å². The van der Waals surface area contributed by atoms with Crippen molar-refractivity contribution < 1.29 is 52.2 Å². The molecule has 0 aromatic rings. The number of unbranched alkanes of at least 4 members (excludes halogenated alkanes) is 19. The largest absolute Gasteiger partial charge is 0.472 e. The van der Waals surface area contributed by atoms with Crippen LogP contribution in [0.3, 0.4) is 0 Å². The van der Waals surface area contributed by atoms with Gasteiger partial charge < -0.3 is 24.2 Å². The SMILES string of the molecule is CC/C=C\C/C=C\C/C=C\C/C=C\C/C=C\CCCCCC(=O)OCC(COP(=O)(O)OCC(CO)OC(=O)CCCCCCC/C=C\C/C=C\CCCCC)OC(=O)CCCCCCC/C=C\C/C=C\CCCCC. The Morgan fingerprint density at radius 2 is 0.684 bits per heavy atom. The van der Waals surface area contributed by atoms with Crippen LogP contribution in [0.25, 0.3) is 0 Å². The lowest BCUT2D eigenvalue weighted by atomic mass is 10.1. The zero-order valence-electron chi connectivity index (χ0n) is 47.9. The summed E-state index contributed by atoms with van der Waals surface area (Å²) < 4.78 is 39.5. The summed E-state index contributed by atoms with van der Waals surface area (Å²) in [5.41, 5.74) is 0. The fraction of sp³-hybridized carbons (Fsp3) is 0.672. The smallest absolute Gasteiger partial charge is 0.462 e. The first-order chi connectivity index (χ1) is 37.2. The summed E-state index contributed by atoms with van der Waals surface area (Å²) in [6.45, 7) is 4.41. The maximum Gasteiger partial charge on any atom is 0.472 e. The van der Waals surface area contributed by atoms with E-state index in [2.05, 4.69) is 130 Å². The highest BCUT2D eigenvalue weighted by Crippen LogP contribution is 2.43. The summed E-state index contributed by atoms with van der Waals surface area (Å²) >= 11 is 0. The molecule has 0 amide bonds. The van der Waals surface area contributed by atoms with Crippen LogP contribution in [0.5, 0.6) is 0 Å². The number of esters is 3. The van der Waals surface area contributed by atoms with Gasteiger partial charge in [0.2, 0.25) is 0 Å². The van der Waals surface area contributed by atoms with E-state index in [4.69, 9.17) is 23.3 Å². The Morgan fingerprint density at radius 1 is 0.382 bits per heavy atom. The molecule has 434 valence electrons. The monoisotopic (exact) mass is 1080 g/mol. The minimum absolute atomic E-state index is 0.138. The molecule has 3 atom stereocenters. The normalized spacial score (nSPS) is 14.1. The van der Waals surface area contributed by atoms with Crippen LogP contribution in [0.15, 0.2) is 109 Å². The second-order valence-corrected chi connectivity index (χ2v) is 20.9. The van der Waals surface area contributed by atoms with E-state index in [0.29, 0.717) is 19.3 Å². The van der Waals surface area contributed by atoms with Gasteiger partial charge in [0.05, 0.1) is 19.8 Å². The number of hydrogen-bond donors (Lipinski definition) is 2. The van der Waals surface area contributed by atoms with Crippen molar-refractivity contribution in [3.63, 3.8) is 0 Å². The number of carbonyl (C=O) groups is 3. The first-order valence-corrected chi connectivity index (χ1v) is 31.3. The van der Waals surface area contributed by atoms with E-state index in [9.17, 15) is 28.9 Å². The van der Waals surface area contributed by atoms with E-state index >= 15 is 0 Å². The summed E-state index contributed by atoms with van der Waals surface area (Å²) in [5.74, 6) is -1.54. The fourth-order valence-corrected chi connectivity index (χ4v) is 8.40. The molecular formula is C64H107O11P. The summed E-state index contributed by atoms with van der Waals surface area (Å²) in [6.07, 6.45) is 68.9. The Bertz CT molecular complexity index is 1690. The molecule has 0 heterocycles. The molecule has 0 spiro atoms. The Balaban J connectivity index is 4.81. The zero-order chi connectivity index (χ0) is 55.5. The van der Waals surface area contributed by atoms with Gasteiger partial charge in [0.15, 0.2) is 6.10 Å². The molecule has 0 saturated heterocycles. The van der Waals surface area contributed by atoms with Crippen LogP contribution in [0, 0.1) is 0 Å². The van der Waals surface area contributed by atoms with Gasteiger partial charge in [-0.15, -0.1) is 0 Å². The molecule has 0 aliphatic heterocycles. The van der Waals surface area contributed by atoms with E-state index in [1.54, 1.807) is 0 Å². The number of rotatable bonds is 54. The van der Waals surface area contributed by atoms with Gasteiger partial charge in [-0.05, 0) is 128 Å². The highest BCUT2D eigenvalue weighted by atomic mass is 31.2. The molecule has 76 heavy (non-hydrogen) atoms. The molecule has 12 heteroatoms. The second-order valence-electron chi connectivity index (χ2n) is 19.4. The minimum atomic E-state index is -4.77. The fourth-order valence-electron chi connectivity index (χ4n) is 7.62. The van der Waals surface area contributed by atoms with Gasteiger partial charge in [0.1, 0.15) is 12.7 Å². The molecule has 0 aliphatic carbocycles. The Hall–Kier alpha value is -3.86. The highest BCUT2D eigenvalue weighted by Gasteiger charge is 2.28. The number of aliphatic hydroxyl groups excluding tert-OH is 1. The number of ether oxygens (including phenoxy) is 3. The summed E-state index contributed by atoms with van der Waals surface area (Å²) in [5, 5.41) is 9.82. The van der Waals surface area contributed by atoms with Crippen molar-refractivity contribution in [2.24, 2.45) is 0 Å². The lowest BCUT2D eigenvalue weighted by molar-refractivity contribution is -0.161. The molecule has 0 rings (SSSR count). The van der Waals surface area contributed by atoms with Crippen LogP contribution in [0.4, 0.5) is 0 Å². The molecule has 11 nitrogen and oxygen atoms in total. The molecule has 0 fully saturated rings. The molecule has 0 aliphatic rings. The van der Waals surface area contributed by atoms with E-state index in [0.717, 1.165) is 141 Å². The van der Waals surface area contributed by atoms with Crippen LogP contribution in [-0.4, -0.2) is 66.5 Å². The van der Waals surface area contributed by atoms with Crippen molar-refractivity contribution in [2.75, 3.05) is 26.4 Å². The third kappa shape index (κ3) is 54.9. The van der Waals surface area contributed by atoms with Crippen molar-refractivity contribution in [3.8, 4) is 0 Å². The predicted molar refractivity (Wildman–Crippen MR) is 316 cm³/mol. The number of carbonyl (C=O) groups excluding carboxylic acids is 3. The summed E-state index contributed by atoms with van der Waals surface area (Å²) in [7, 11) is -4.77. The Kier molecular flexibility index (Phi) is 54.4. The molecule has 0 radical (unpaired) electrons. The van der Waals surface area contributed by atoms with Gasteiger partial charge in [-0.3, -0.25) is 23.4 Å². The predicted octanol–water partition coefficient (Wildman–Crippen LogP) is 17.8. The molecule has 3 unspecified atom stereocenters. The second kappa shape index (κ2) is 57.3. The lowest BCUT2D eigenvalue weighted by Crippen LogP contribution is -2.30.